The zero-order valence-electron chi connectivity index (χ0n) is 10.8. The Morgan fingerprint density at radius 2 is 2.33 bits per heavy atom. The summed E-state index contributed by atoms with van der Waals surface area (Å²) in [6, 6.07) is 3.89. The molecule has 0 saturated carbocycles. The largest absolute Gasteiger partial charge is 0.409 e. The third kappa shape index (κ3) is 3.01. The molecule has 0 aliphatic rings. The summed E-state index contributed by atoms with van der Waals surface area (Å²) in [5, 5.41) is 16.5. The van der Waals surface area contributed by atoms with E-state index in [2.05, 4.69) is 10.5 Å². The van der Waals surface area contributed by atoms with E-state index >= 15 is 0 Å². The Morgan fingerprint density at radius 1 is 1.67 bits per heavy atom. The molecule has 0 aliphatic carbocycles. The lowest BCUT2D eigenvalue weighted by Gasteiger charge is -2.25. The van der Waals surface area contributed by atoms with Crippen molar-refractivity contribution in [2.45, 2.75) is 33.2 Å². The summed E-state index contributed by atoms with van der Waals surface area (Å²) in [6.07, 6.45) is 0.790. The van der Waals surface area contributed by atoms with Crippen LogP contribution in [0.1, 0.15) is 38.1 Å². The van der Waals surface area contributed by atoms with E-state index in [1.165, 1.54) is 0 Å². The Kier molecular flexibility index (Phi) is 4.72. The van der Waals surface area contributed by atoms with Crippen LogP contribution in [0.4, 0.5) is 0 Å². The summed E-state index contributed by atoms with van der Waals surface area (Å²) in [7, 11) is 0. The molecule has 0 fully saturated rings. The molecule has 1 aromatic rings. The van der Waals surface area contributed by atoms with Gasteiger partial charge in [-0.2, -0.15) is 0 Å². The van der Waals surface area contributed by atoms with E-state index in [4.69, 9.17) is 10.9 Å². The first-order valence-electron chi connectivity index (χ1n) is 5.75. The predicted molar refractivity (Wildman–Crippen MR) is 72.7 cm³/mol. The molecule has 0 aromatic carbocycles. The fourth-order valence-corrected chi connectivity index (χ4v) is 2.31. The number of oxime groups is 1. The summed E-state index contributed by atoms with van der Waals surface area (Å²) in [5.74, 6) is -0.348. The van der Waals surface area contributed by atoms with Crippen molar-refractivity contribution in [3.8, 4) is 0 Å². The van der Waals surface area contributed by atoms with Gasteiger partial charge in [0, 0.05) is 4.88 Å². The molecule has 5 nitrogen and oxygen atoms in total. The van der Waals surface area contributed by atoms with Crippen molar-refractivity contribution in [1.82, 2.24) is 5.32 Å². The smallest absolute Gasteiger partial charge is 0.233 e. The first kappa shape index (κ1) is 14.5. The standard InChI is InChI=1S/C12H19N3O2S/c1-4-8(9-6-5-7-18-9)14-11(16)12(2,3)10(13)15-17/h5-8,17H,4H2,1-3H3,(H2,13,15)(H,14,16). The van der Waals surface area contributed by atoms with Crippen molar-refractivity contribution < 1.29 is 10.0 Å². The van der Waals surface area contributed by atoms with Gasteiger partial charge in [0.15, 0.2) is 5.84 Å². The number of hydrogen-bond acceptors (Lipinski definition) is 4. The number of carbonyl (C=O) groups excluding carboxylic acids is 1. The Morgan fingerprint density at radius 3 is 2.78 bits per heavy atom. The van der Waals surface area contributed by atoms with Crippen LogP contribution in [-0.4, -0.2) is 17.0 Å². The van der Waals surface area contributed by atoms with Gasteiger partial charge in [-0.1, -0.05) is 18.1 Å². The van der Waals surface area contributed by atoms with Crippen LogP contribution in [0.3, 0.4) is 0 Å². The molecule has 1 amide bonds. The van der Waals surface area contributed by atoms with Crippen molar-refractivity contribution in [3.05, 3.63) is 22.4 Å². The zero-order chi connectivity index (χ0) is 13.8. The first-order chi connectivity index (χ1) is 8.43. The van der Waals surface area contributed by atoms with Gasteiger partial charge >= 0.3 is 0 Å². The molecule has 0 bridgehead atoms. The molecule has 6 heteroatoms. The molecule has 4 N–H and O–H groups in total. The average molecular weight is 269 g/mol. The van der Waals surface area contributed by atoms with Crippen LogP contribution >= 0.6 is 11.3 Å². The highest BCUT2D eigenvalue weighted by Gasteiger charge is 2.34. The Labute approximate surface area is 111 Å². The lowest BCUT2D eigenvalue weighted by Crippen LogP contribution is -2.46. The van der Waals surface area contributed by atoms with E-state index in [-0.39, 0.29) is 17.8 Å². The van der Waals surface area contributed by atoms with Crippen LogP contribution < -0.4 is 11.1 Å². The van der Waals surface area contributed by atoms with Crippen molar-refractivity contribution in [2.75, 3.05) is 0 Å². The number of carbonyl (C=O) groups is 1. The van der Waals surface area contributed by atoms with Gasteiger partial charge in [-0.05, 0) is 31.7 Å². The van der Waals surface area contributed by atoms with E-state index in [9.17, 15) is 4.79 Å². The molecular weight excluding hydrogens is 250 g/mol. The third-order valence-corrected chi connectivity index (χ3v) is 3.90. The molecule has 1 atom stereocenters. The number of nitrogens with zero attached hydrogens (tertiary/aromatic N) is 1. The summed E-state index contributed by atoms with van der Waals surface area (Å²) in [5.41, 5.74) is 4.50. The maximum atomic E-state index is 12.2. The summed E-state index contributed by atoms with van der Waals surface area (Å²) in [4.78, 5) is 13.2. The second kappa shape index (κ2) is 5.86. The second-order valence-corrected chi connectivity index (χ2v) is 5.54. The molecule has 0 saturated heterocycles. The van der Waals surface area contributed by atoms with Gasteiger partial charge in [0.2, 0.25) is 5.91 Å². The number of amidine groups is 1. The van der Waals surface area contributed by atoms with Gasteiger partial charge < -0.3 is 16.3 Å². The van der Waals surface area contributed by atoms with Crippen LogP contribution in [0.15, 0.2) is 22.7 Å². The van der Waals surface area contributed by atoms with Gasteiger partial charge in [-0.15, -0.1) is 11.3 Å². The molecule has 1 heterocycles. The van der Waals surface area contributed by atoms with Crippen LogP contribution in [0.25, 0.3) is 0 Å². The normalized spacial score (nSPS) is 14.3. The molecule has 100 valence electrons. The van der Waals surface area contributed by atoms with E-state index in [0.717, 1.165) is 11.3 Å². The minimum Gasteiger partial charge on any atom is -0.409 e. The molecule has 0 spiro atoms. The number of rotatable bonds is 5. The maximum Gasteiger partial charge on any atom is 0.233 e. The number of nitrogens with two attached hydrogens (primary N) is 1. The average Bonchev–Trinajstić information content (AvgIpc) is 2.87. The zero-order valence-corrected chi connectivity index (χ0v) is 11.6. The Hall–Kier alpha value is -1.56. The number of hydrogen-bond donors (Lipinski definition) is 3. The Balaban J connectivity index is 2.80. The van der Waals surface area contributed by atoms with Crippen LogP contribution in [0.5, 0.6) is 0 Å². The summed E-state index contributed by atoms with van der Waals surface area (Å²) in [6.45, 7) is 5.25. The molecular formula is C12H19N3O2S. The van der Waals surface area contributed by atoms with Gasteiger partial charge in [-0.25, -0.2) is 0 Å². The van der Waals surface area contributed by atoms with Crippen molar-refractivity contribution in [2.24, 2.45) is 16.3 Å². The highest BCUT2D eigenvalue weighted by Crippen LogP contribution is 2.24. The number of nitrogens with one attached hydrogen (secondary N) is 1. The molecule has 1 aromatic heterocycles. The van der Waals surface area contributed by atoms with E-state index < -0.39 is 5.41 Å². The molecule has 0 radical (unpaired) electrons. The Bertz CT molecular complexity index is 427. The fraction of sp³-hybridized carbons (Fsp3) is 0.500. The van der Waals surface area contributed by atoms with Crippen LogP contribution in [0.2, 0.25) is 0 Å². The lowest BCUT2D eigenvalue weighted by molar-refractivity contribution is -0.127. The van der Waals surface area contributed by atoms with Crippen LogP contribution in [-0.2, 0) is 4.79 Å². The van der Waals surface area contributed by atoms with Crippen molar-refractivity contribution in [1.29, 1.82) is 0 Å². The second-order valence-electron chi connectivity index (χ2n) is 4.56. The number of amides is 1. The number of thiophene rings is 1. The van der Waals surface area contributed by atoms with E-state index in [1.54, 1.807) is 25.2 Å². The first-order valence-corrected chi connectivity index (χ1v) is 6.63. The van der Waals surface area contributed by atoms with Gasteiger partial charge in [-0.3, -0.25) is 4.79 Å². The van der Waals surface area contributed by atoms with Crippen LogP contribution in [0, 0.1) is 5.41 Å². The molecule has 0 aliphatic heterocycles. The van der Waals surface area contributed by atoms with E-state index in [0.29, 0.717) is 0 Å². The van der Waals surface area contributed by atoms with Gasteiger partial charge in [0.25, 0.3) is 0 Å². The monoisotopic (exact) mass is 269 g/mol. The minimum atomic E-state index is -1.03. The highest BCUT2D eigenvalue weighted by molar-refractivity contribution is 7.10. The van der Waals surface area contributed by atoms with Crippen molar-refractivity contribution >= 4 is 23.1 Å². The van der Waals surface area contributed by atoms with Gasteiger partial charge in [0.1, 0.15) is 5.41 Å². The topological polar surface area (TPSA) is 87.7 Å². The minimum absolute atomic E-state index is 0.0386. The van der Waals surface area contributed by atoms with E-state index in [1.807, 2.05) is 24.4 Å². The highest BCUT2D eigenvalue weighted by atomic mass is 32.1. The van der Waals surface area contributed by atoms with Gasteiger partial charge in [0.05, 0.1) is 6.04 Å². The molecule has 18 heavy (non-hydrogen) atoms. The third-order valence-electron chi connectivity index (χ3n) is 2.92. The SMILES string of the molecule is CCC(NC(=O)C(C)(C)C(N)=NO)c1cccs1. The molecule has 1 unspecified atom stereocenters. The summed E-state index contributed by atoms with van der Waals surface area (Å²) >= 11 is 1.60. The lowest BCUT2D eigenvalue weighted by atomic mass is 9.90. The van der Waals surface area contributed by atoms with Crippen molar-refractivity contribution in [3.63, 3.8) is 0 Å². The fourth-order valence-electron chi connectivity index (χ4n) is 1.44. The quantitative estimate of drug-likeness (QED) is 0.331. The molecule has 1 rings (SSSR count). The predicted octanol–water partition coefficient (Wildman–Crippen LogP) is 2.09. The summed E-state index contributed by atoms with van der Waals surface area (Å²) < 4.78 is 0. The maximum absolute atomic E-state index is 12.2.